The van der Waals surface area contributed by atoms with E-state index in [1.54, 1.807) is 17.4 Å². The van der Waals surface area contributed by atoms with E-state index in [0.29, 0.717) is 0 Å². The number of nitriles is 1. The molecule has 0 unspecified atom stereocenters. The number of nitrogens with zero attached hydrogens (tertiary/aromatic N) is 2. The minimum Gasteiger partial charge on any atom is -0.354 e. The van der Waals surface area contributed by atoms with Gasteiger partial charge in [-0.1, -0.05) is 17.7 Å². The maximum atomic E-state index is 13.6. The number of thiophene rings is 1. The van der Waals surface area contributed by atoms with Crippen LogP contribution in [0.4, 0.5) is 5.69 Å². The number of hydrogen-bond donors (Lipinski definition) is 2. The highest BCUT2D eigenvalue weighted by Gasteiger charge is 2.28. The maximum Gasteiger partial charge on any atom is 0.261 e. The number of aryl methyl sites for hydroxylation is 3. The molecule has 0 aliphatic heterocycles. The third kappa shape index (κ3) is 4.42. The van der Waals surface area contributed by atoms with Crippen LogP contribution in [0.1, 0.15) is 56.2 Å². The van der Waals surface area contributed by atoms with Gasteiger partial charge < -0.3 is 15.2 Å². The van der Waals surface area contributed by atoms with Gasteiger partial charge in [-0.25, -0.2) is 0 Å². The Morgan fingerprint density at radius 2 is 1.82 bits per heavy atom. The fraction of sp³-hybridized carbons (Fsp3) is 0.296. The maximum absolute atomic E-state index is 13.6. The van der Waals surface area contributed by atoms with Crippen LogP contribution in [0.2, 0.25) is 0 Å². The third-order valence-corrected chi connectivity index (χ3v) is 7.53. The normalized spacial score (nSPS) is 13.2. The van der Waals surface area contributed by atoms with E-state index >= 15 is 0 Å². The zero-order chi connectivity index (χ0) is 24.4. The molecule has 4 rings (SSSR count). The zero-order valence-electron chi connectivity index (χ0n) is 19.9. The van der Waals surface area contributed by atoms with Crippen LogP contribution in [0, 0.1) is 32.1 Å². The Kier molecular flexibility index (Phi) is 6.71. The van der Waals surface area contributed by atoms with Crippen molar-refractivity contribution in [3.63, 3.8) is 0 Å². The van der Waals surface area contributed by atoms with Crippen LogP contribution in [0.3, 0.4) is 0 Å². The van der Waals surface area contributed by atoms with Gasteiger partial charge in [0.05, 0.1) is 5.56 Å². The van der Waals surface area contributed by atoms with Crippen molar-refractivity contribution in [3.8, 4) is 11.1 Å². The third-order valence-electron chi connectivity index (χ3n) is 6.25. The van der Waals surface area contributed by atoms with Gasteiger partial charge in [0.15, 0.2) is 0 Å². The summed E-state index contributed by atoms with van der Waals surface area (Å²) in [5.74, 6) is -0.525. The Hall–Kier alpha value is -3.63. The predicted molar refractivity (Wildman–Crippen MR) is 137 cm³/mol. The van der Waals surface area contributed by atoms with Crippen LogP contribution in [0.25, 0.3) is 11.1 Å². The van der Waals surface area contributed by atoms with Gasteiger partial charge in [0.1, 0.15) is 16.6 Å². The Morgan fingerprint density at radius 1 is 1.12 bits per heavy atom. The van der Waals surface area contributed by atoms with Crippen molar-refractivity contribution < 1.29 is 9.59 Å². The Morgan fingerprint density at radius 3 is 2.50 bits per heavy atom. The average Bonchev–Trinajstić information content (AvgIpc) is 3.34. The number of hydrogen-bond acceptors (Lipinski definition) is 4. The molecule has 0 bridgehead atoms. The monoisotopic (exact) mass is 472 g/mol. The molecule has 2 aromatic heterocycles. The minimum absolute atomic E-state index is 0.0468. The van der Waals surface area contributed by atoms with E-state index < -0.39 is 5.91 Å². The molecule has 2 N–H and O–H groups in total. The number of carbonyl (C=O) groups is 2. The number of nitrogens with one attached hydrogen (secondary N) is 2. The summed E-state index contributed by atoms with van der Waals surface area (Å²) < 4.78 is 2.08. The topological polar surface area (TPSA) is 86.9 Å². The van der Waals surface area contributed by atoms with Gasteiger partial charge in [-0.05, 0) is 81.9 Å². The molecule has 7 heteroatoms. The predicted octanol–water partition coefficient (Wildman–Crippen LogP) is 5.25. The lowest BCUT2D eigenvalue weighted by atomic mass is 9.95. The van der Waals surface area contributed by atoms with Crippen LogP contribution in [-0.4, -0.2) is 23.4 Å². The highest BCUT2D eigenvalue weighted by Crippen LogP contribution is 2.39. The first-order chi connectivity index (χ1) is 16.3. The second-order valence-corrected chi connectivity index (χ2v) is 9.71. The molecule has 2 heterocycles. The first-order valence-corrected chi connectivity index (χ1v) is 12.2. The fourth-order valence-corrected chi connectivity index (χ4v) is 5.96. The Labute approximate surface area is 203 Å². The van der Waals surface area contributed by atoms with Crippen LogP contribution in [0.5, 0.6) is 0 Å². The van der Waals surface area contributed by atoms with E-state index in [1.807, 2.05) is 57.2 Å². The molecule has 2 amide bonds. The standard InChI is InChI=1S/C27H28N4O2S/c1-16-9-11-21(12-10-16)30-26(33)24-22-7-5-6-8-23(22)34-27(24)31-17(2)13-19(18(31)3)14-20(15-28)25(32)29-4/h9-14H,5-8H2,1-4H3,(H,29,32)(H,30,33)/b20-14-. The summed E-state index contributed by atoms with van der Waals surface area (Å²) >= 11 is 1.67. The second kappa shape index (κ2) is 9.70. The van der Waals surface area contributed by atoms with Crippen molar-refractivity contribution >= 4 is 34.9 Å². The summed E-state index contributed by atoms with van der Waals surface area (Å²) in [7, 11) is 1.51. The molecular formula is C27H28N4O2S. The fourth-order valence-electron chi connectivity index (χ4n) is 4.46. The van der Waals surface area contributed by atoms with Crippen molar-refractivity contribution in [2.24, 2.45) is 0 Å². The second-order valence-electron chi connectivity index (χ2n) is 8.62. The van der Waals surface area contributed by atoms with E-state index in [2.05, 4.69) is 15.2 Å². The number of anilines is 1. The Bertz CT molecular complexity index is 1340. The molecule has 0 saturated carbocycles. The molecule has 0 radical (unpaired) electrons. The summed E-state index contributed by atoms with van der Waals surface area (Å²) in [5.41, 5.74) is 6.44. The molecule has 0 atom stereocenters. The quantitative estimate of drug-likeness (QED) is 0.393. The first-order valence-electron chi connectivity index (χ1n) is 11.4. The zero-order valence-corrected chi connectivity index (χ0v) is 20.7. The van der Waals surface area contributed by atoms with Crippen molar-refractivity contribution in [1.29, 1.82) is 5.26 Å². The van der Waals surface area contributed by atoms with Crippen LogP contribution >= 0.6 is 11.3 Å². The van der Waals surface area contributed by atoms with Crippen molar-refractivity contribution in [2.75, 3.05) is 12.4 Å². The molecule has 0 saturated heterocycles. The summed E-state index contributed by atoms with van der Waals surface area (Å²) in [6.07, 6.45) is 5.68. The Balaban J connectivity index is 1.82. The molecule has 6 nitrogen and oxygen atoms in total. The van der Waals surface area contributed by atoms with Crippen LogP contribution < -0.4 is 10.6 Å². The van der Waals surface area contributed by atoms with Crippen LogP contribution in [-0.2, 0) is 17.6 Å². The summed E-state index contributed by atoms with van der Waals surface area (Å²) in [6.45, 7) is 5.96. The molecular weight excluding hydrogens is 444 g/mol. The lowest BCUT2D eigenvalue weighted by Crippen LogP contribution is -2.19. The largest absolute Gasteiger partial charge is 0.354 e. The van der Waals surface area contributed by atoms with E-state index in [-0.39, 0.29) is 11.5 Å². The van der Waals surface area contributed by atoms with E-state index in [4.69, 9.17) is 0 Å². The number of carbonyl (C=O) groups excluding carboxylic acids is 2. The summed E-state index contributed by atoms with van der Waals surface area (Å²) in [4.78, 5) is 26.9. The molecule has 0 spiro atoms. The van der Waals surface area contributed by atoms with Crippen molar-refractivity contribution in [3.05, 3.63) is 74.4 Å². The minimum atomic E-state index is -0.419. The van der Waals surface area contributed by atoms with Gasteiger partial charge in [-0.15, -0.1) is 11.3 Å². The lowest BCUT2D eigenvalue weighted by molar-refractivity contribution is -0.116. The lowest BCUT2D eigenvalue weighted by Gasteiger charge is -2.14. The molecule has 1 aromatic carbocycles. The first kappa shape index (κ1) is 23.5. The summed E-state index contributed by atoms with van der Waals surface area (Å²) in [5, 5.41) is 15.9. The smallest absolute Gasteiger partial charge is 0.261 e. The van der Waals surface area contributed by atoms with Gasteiger partial charge >= 0.3 is 0 Å². The van der Waals surface area contributed by atoms with Gasteiger partial charge in [-0.3, -0.25) is 9.59 Å². The molecule has 34 heavy (non-hydrogen) atoms. The molecule has 1 aliphatic rings. The molecule has 3 aromatic rings. The van der Waals surface area contributed by atoms with Crippen molar-refractivity contribution in [1.82, 2.24) is 9.88 Å². The number of rotatable bonds is 5. The molecule has 174 valence electrons. The van der Waals surface area contributed by atoms with Crippen LogP contribution in [0.15, 0.2) is 35.9 Å². The highest BCUT2D eigenvalue weighted by molar-refractivity contribution is 7.15. The molecule has 0 fully saturated rings. The number of fused-ring (bicyclic) bond motifs is 1. The number of amides is 2. The van der Waals surface area contributed by atoms with Gasteiger partial charge in [0.2, 0.25) is 0 Å². The van der Waals surface area contributed by atoms with Gasteiger partial charge in [0.25, 0.3) is 11.8 Å². The van der Waals surface area contributed by atoms with E-state index in [0.717, 1.165) is 70.0 Å². The molecule has 1 aliphatic carbocycles. The number of aromatic nitrogens is 1. The summed E-state index contributed by atoms with van der Waals surface area (Å²) in [6, 6.07) is 11.7. The van der Waals surface area contributed by atoms with Gasteiger partial charge in [-0.2, -0.15) is 5.26 Å². The van der Waals surface area contributed by atoms with Crippen molar-refractivity contribution in [2.45, 2.75) is 46.5 Å². The van der Waals surface area contributed by atoms with E-state index in [1.165, 1.54) is 11.9 Å². The van der Waals surface area contributed by atoms with Gasteiger partial charge in [0, 0.05) is 29.0 Å². The average molecular weight is 473 g/mol. The highest BCUT2D eigenvalue weighted by atomic mass is 32.1. The SMILES string of the molecule is CNC(=O)/C(C#N)=C\c1cc(C)n(-c2sc3c(c2C(=O)Nc2ccc(C)cc2)CCCC3)c1C. The van der Waals surface area contributed by atoms with E-state index in [9.17, 15) is 14.9 Å². The number of benzene rings is 1. The number of likely N-dealkylation sites (N-methyl/N-ethyl adjacent to an activating group) is 1.